The minimum Gasteiger partial charge on any atom is -0.494 e. The Hall–Kier alpha value is -2.89. The molecule has 148 valence electrons. The SMILES string of the molecule is CCOc1cc2c(cc1CNC(=O)CCC(=O)c1ccc(F)cc1)O[C@@H](C)C2. The van der Waals surface area contributed by atoms with Crippen LogP contribution in [0.25, 0.3) is 0 Å². The lowest BCUT2D eigenvalue weighted by Crippen LogP contribution is -2.23. The van der Waals surface area contributed by atoms with Crippen LogP contribution in [-0.4, -0.2) is 24.4 Å². The predicted molar refractivity (Wildman–Crippen MR) is 103 cm³/mol. The number of halogens is 1. The monoisotopic (exact) mass is 385 g/mol. The van der Waals surface area contributed by atoms with E-state index < -0.39 is 5.82 Å². The highest BCUT2D eigenvalue weighted by Crippen LogP contribution is 2.35. The molecular weight excluding hydrogens is 361 g/mol. The maximum absolute atomic E-state index is 12.9. The van der Waals surface area contributed by atoms with E-state index in [1.807, 2.05) is 26.0 Å². The predicted octanol–water partition coefficient (Wildman–Crippen LogP) is 3.83. The summed E-state index contributed by atoms with van der Waals surface area (Å²) in [5, 5.41) is 2.83. The number of benzene rings is 2. The van der Waals surface area contributed by atoms with Crippen LogP contribution in [0.15, 0.2) is 36.4 Å². The van der Waals surface area contributed by atoms with Gasteiger partial charge in [0, 0.05) is 42.5 Å². The summed E-state index contributed by atoms with van der Waals surface area (Å²) in [6.07, 6.45) is 1.11. The Morgan fingerprint density at radius 3 is 2.68 bits per heavy atom. The van der Waals surface area contributed by atoms with Gasteiger partial charge in [-0.3, -0.25) is 9.59 Å². The second kappa shape index (κ2) is 8.87. The van der Waals surface area contributed by atoms with Gasteiger partial charge >= 0.3 is 0 Å². The van der Waals surface area contributed by atoms with Crippen molar-refractivity contribution in [3.63, 3.8) is 0 Å². The molecule has 0 unspecified atom stereocenters. The Kier molecular flexibility index (Phi) is 6.29. The average molecular weight is 385 g/mol. The van der Waals surface area contributed by atoms with Crippen molar-refractivity contribution in [1.82, 2.24) is 5.32 Å². The summed E-state index contributed by atoms with van der Waals surface area (Å²) in [6.45, 7) is 4.75. The molecule has 0 aliphatic carbocycles. The smallest absolute Gasteiger partial charge is 0.220 e. The molecule has 1 N–H and O–H groups in total. The Morgan fingerprint density at radius 2 is 1.96 bits per heavy atom. The molecule has 0 saturated carbocycles. The normalized spacial score (nSPS) is 14.9. The number of hydrogen-bond donors (Lipinski definition) is 1. The van der Waals surface area contributed by atoms with Crippen molar-refractivity contribution in [3.05, 3.63) is 58.9 Å². The van der Waals surface area contributed by atoms with Gasteiger partial charge in [0.05, 0.1) is 6.61 Å². The van der Waals surface area contributed by atoms with E-state index in [-0.39, 0.29) is 30.6 Å². The summed E-state index contributed by atoms with van der Waals surface area (Å²) >= 11 is 0. The van der Waals surface area contributed by atoms with Crippen LogP contribution < -0.4 is 14.8 Å². The van der Waals surface area contributed by atoms with Gasteiger partial charge in [-0.05, 0) is 50.2 Å². The minimum atomic E-state index is -0.396. The number of hydrogen-bond acceptors (Lipinski definition) is 4. The van der Waals surface area contributed by atoms with E-state index in [0.717, 1.165) is 29.0 Å². The van der Waals surface area contributed by atoms with Crippen LogP contribution in [0.1, 0.15) is 48.2 Å². The molecular formula is C22H24FNO4. The number of rotatable bonds is 8. The first-order chi connectivity index (χ1) is 13.5. The van der Waals surface area contributed by atoms with Crippen molar-refractivity contribution >= 4 is 11.7 Å². The molecule has 0 radical (unpaired) electrons. The molecule has 0 spiro atoms. The van der Waals surface area contributed by atoms with E-state index in [1.165, 1.54) is 24.3 Å². The van der Waals surface area contributed by atoms with E-state index in [0.29, 0.717) is 18.7 Å². The maximum atomic E-state index is 12.9. The average Bonchev–Trinajstić information content (AvgIpc) is 3.03. The van der Waals surface area contributed by atoms with Crippen LogP contribution >= 0.6 is 0 Å². The van der Waals surface area contributed by atoms with E-state index in [9.17, 15) is 14.0 Å². The van der Waals surface area contributed by atoms with Gasteiger partial charge in [-0.2, -0.15) is 0 Å². The third-order valence-corrected chi connectivity index (χ3v) is 4.60. The number of carbonyl (C=O) groups is 2. The minimum absolute atomic E-state index is 0.0681. The van der Waals surface area contributed by atoms with Crippen LogP contribution in [0, 0.1) is 5.82 Å². The quantitative estimate of drug-likeness (QED) is 0.702. The molecule has 1 atom stereocenters. The molecule has 0 fully saturated rings. The molecule has 1 amide bonds. The summed E-state index contributed by atoms with van der Waals surface area (Å²) in [6, 6.07) is 9.21. The van der Waals surface area contributed by atoms with Crippen LogP contribution in [0.2, 0.25) is 0 Å². The van der Waals surface area contributed by atoms with Gasteiger partial charge in [0.25, 0.3) is 0 Å². The first-order valence-corrected chi connectivity index (χ1v) is 9.47. The molecule has 2 aromatic rings. The molecule has 28 heavy (non-hydrogen) atoms. The van der Waals surface area contributed by atoms with Gasteiger partial charge in [0.2, 0.25) is 5.91 Å². The number of nitrogens with one attached hydrogen (secondary N) is 1. The lowest BCUT2D eigenvalue weighted by Gasteiger charge is -2.13. The number of carbonyl (C=O) groups excluding carboxylic acids is 2. The molecule has 3 rings (SSSR count). The molecule has 0 saturated heterocycles. The second-order valence-corrected chi connectivity index (χ2v) is 6.84. The van der Waals surface area contributed by atoms with Crippen LogP contribution in [0.5, 0.6) is 11.5 Å². The zero-order valence-corrected chi connectivity index (χ0v) is 16.1. The number of Topliss-reactive ketones (excluding diaryl/α,β-unsaturated/α-hetero) is 1. The van der Waals surface area contributed by atoms with E-state index in [4.69, 9.17) is 9.47 Å². The fraction of sp³-hybridized carbons (Fsp3) is 0.364. The molecule has 0 bridgehead atoms. The van der Waals surface area contributed by atoms with Crippen LogP contribution in [0.4, 0.5) is 4.39 Å². The first kappa shape index (κ1) is 19.9. The van der Waals surface area contributed by atoms with Crippen LogP contribution in [-0.2, 0) is 17.8 Å². The van der Waals surface area contributed by atoms with Gasteiger partial charge in [-0.1, -0.05) is 0 Å². The molecule has 0 aromatic heterocycles. The highest BCUT2D eigenvalue weighted by Gasteiger charge is 2.22. The summed E-state index contributed by atoms with van der Waals surface area (Å²) in [7, 11) is 0. The third kappa shape index (κ3) is 4.88. The summed E-state index contributed by atoms with van der Waals surface area (Å²) < 4.78 is 24.4. The van der Waals surface area contributed by atoms with E-state index in [2.05, 4.69) is 5.32 Å². The molecule has 1 aliphatic heterocycles. The second-order valence-electron chi connectivity index (χ2n) is 6.84. The zero-order valence-electron chi connectivity index (χ0n) is 16.1. The Labute approximate surface area is 163 Å². The van der Waals surface area contributed by atoms with Crippen molar-refractivity contribution < 1.29 is 23.5 Å². The van der Waals surface area contributed by atoms with Gasteiger partial charge in [0.1, 0.15) is 23.4 Å². The lowest BCUT2D eigenvalue weighted by atomic mass is 10.1. The molecule has 6 heteroatoms. The van der Waals surface area contributed by atoms with Crippen molar-refractivity contribution in [2.75, 3.05) is 6.61 Å². The van der Waals surface area contributed by atoms with Gasteiger partial charge in [0.15, 0.2) is 5.78 Å². The fourth-order valence-electron chi connectivity index (χ4n) is 3.20. The van der Waals surface area contributed by atoms with Crippen molar-refractivity contribution in [2.24, 2.45) is 0 Å². The molecule has 2 aromatic carbocycles. The number of ether oxygens (including phenoxy) is 2. The third-order valence-electron chi connectivity index (χ3n) is 4.60. The summed E-state index contributed by atoms with van der Waals surface area (Å²) in [4.78, 5) is 24.3. The van der Waals surface area contributed by atoms with Crippen molar-refractivity contribution in [2.45, 2.75) is 45.8 Å². The van der Waals surface area contributed by atoms with Crippen molar-refractivity contribution in [3.8, 4) is 11.5 Å². The fourth-order valence-corrected chi connectivity index (χ4v) is 3.20. The Morgan fingerprint density at radius 1 is 1.21 bits per heavy atom. The largest absolute Gasteiger partial charge is 0.494 e. The number of fused-ring (bicyclic) bond motifs is 1. The molecule has 1 heterocycles. The Balaban J connectivity index is 1.56. The van der Waals surface area contributed by atoms with E-state index in [1.54, 1.807) is 0 Å². The van der Waals surface area contributed by atoms with Gasteiger partial charge < -0.3 is 14.8 Å². The van der Waals surface area contributed by atoms with E-state index >= 15 is 0 Å². The topological polar surface area (TPSA) is 64.6 Å². The number of amides is 1. The first-order valence-electron chi connectivity index (χ1n) is 9.47. The maximum Gasteiger partial charge on any atom is 0.220 e. The molecule has 1 aliphatic rings. The Bertz CT molecular complexity index is 864. The zero-order chi connectivity index (χ0) is 20.1. The van der Waals surface area contributed by atoms with Crippen molar-refractivity contribution in [1.29, 1.82) is 0 Å². The summed E-state index contributed by atoms with van der Waals surface area (Å²) in [5.74, 6) is 0.748. The highest BCUT2D eigenvalue weighted by molar-refractivity contribution is 5.97. The van der Waals surface area contributed by atoms with Crippen LogP contribution in [0.3, 0.4) is 0 Å². The van der Waals surface area contributed by atoms with Gasteiger partial charge in [-0.15, -0.1) is 0 Å². The standard InChI is InChI=1S/C22H24FNO4/c1-3-27-20-11-16-10-14(2)28-21(16)12-17(20)13-24-22(26)9-8-19(25)15-4-6-18(23)7-5-15/h4-7,11-12,14H,3,8-10,13H2,1-2H3,(H,24,26)/t14-/m0/s1. The number of ketones is 1. The highest BCUT2D eigenvalue weighted by atomic mass is 19.1. The summed E-state index contributed by atoms with van der Waals surface area (Å²) in [5.41, 5.74) is 2.35. The lowest BCUT2D eigenvalue weighted by molar-refractivity contribution is -0.121. The molecule has 5 nitrogen and oxygen atoms in total. The van der Waals surface area contributed by atoms with Gasteiger partial charge in [-0.25, -0.2) is 4.39 Å².